The van der Waals surface area contributed by atoms with Crippen LogP contribution in [0.25, 0.3) is 0 Å². The van der Waals surface area contributed by atoms with Crippen molar-refractivity contribution in [3.8, 4) is 0 Å². The lowest BCUT2D eigenvalue weighted by molar-refractivity contribution is 0.160. The molecule has 3 nitrogen and oxygen atoms in total. The van der Waals surface area contributed by atoms with Crippen molar-refractivity contribution in [1.29, 1.82) is 0 Å². The van der Waals surface area contributed by atoms with Crippen molar-refractivity contribution in [1.82, 2.24) is 10.2 Å². The largest absolute Gasteiger partial charge is 0.341 e. The first-order valence-electron chi connectivity index (χ1n) is 7.75. The molecule has 0 heterocycles. The summed E-state index contributed by atoms with van der Waals surface area (Å²) in [6.45, 7) is 5.98. The zero-order chi connectivity index (χ0) is 16.9. The number of amides is 2. The van der Waals surface area contributed by atoms with Gasteiger partial charge in [-0.05, 0) is 24.5 Å². The van der Waals surface area contributed by atoms with Gasteiger partial charge < -0.3 is 10.2 Å². The molecule has 0 spiro atoms. The Morgan fingerprint density at radius 1 is 1.13 bits per heavy atom. The molecule has 3 heteroatoms. The minimum Gasteiger partial charge on any atom is -0.341 e. The van der Waals surface area contributed by atoms with Crippen LogP contribution in [0, 0.1) is 6.92 Å². The molecule has 2 aromatic rings. The lowest BCUT2D eigenvalue weighted by atomic mass is 9.78. The molecule has 0 aliphatic carbocycles. The van der Waals surface area contributed by atoms with Crippen LogP contribution in [0.1, 0.15) is 23.1 Å². The zero-order valence-electron chi connectivity index (χ0n) is 14.0. The van der Waals surface area contributed by atoms with Crippen molar-refractivity contribution in [3.05, 3.63) is 83.9 Å². The molecule has 0 aromatic heterocycles. The Bertz CT molecular complexity index is 664. The molecule has 120 valence electrons. The first kappa shape index (κ1) is 16.8. The van der Waals surface area contributed by atoms with Gasteiger partial charge in [-0.1, -0.05) is 66.2 Å². The summed E-state index contributed by atoms with van der Waals surface area (Å²) in [5.41, 5.74) is 2.74. The minimum absolute atomic E-state index is 0.128. The van der Waals surface area contributed by atoms with E-state index in [1.54, 1.807) is 11.9 Å². The Morgan fingerprint density at radius 2 is 1.70 bits per heavy atom. The molecular formula is C20H24N2O. The van der Waals surface area contributed by atoms with Gasteiger partial charge in [0.1, 0.15) is 0 Å². The Morgan fingerprint density at radius 3 is 2.22 bits per heavy atom. The fourth-order valence-electron chi connectivity index (χ4n) is 3.02. The molecule has 0 radical (unpaired) electrons. The van der Waals surface area contributed by atoms with Gasteiger partial charge in [0.25, 0.3) is 0 Å². The number of urea groups is 1. The Kier molecular flexibility index (Phi) is 5.22. The van der Waals surface area contributed by atoms with E-state index >= 15 is 0 Å². The number of aryl methyl sites for hydroxylation is 1. The summed E-state index contributed by atoms with van der Waals surface area (Å²) in [7, 11) is 3.48. The van der Waals surface area contributed by atoms with Crippen LogP contribution in [0.2, 0.25) is 0 Å². The summed E-state index contributed by atoms with van der Waals surface area (Å²) in [5.74, 6) is 0. The summed E-state index contributed by atoms with van der Waals surface area (Å²) in [6, 6.07) is 18.3. The van der Waals surface area contributed by atoms with Crippen LogP contribution in [-0.4, -0.2) is 25.0 Å². The summed E-state index contributed by atoms with van der Waals surface area (Å²) >= 11 is 0. The highest BCUT2D eigenvalue weighted by Crippen LogP contribution is 2.39. The molecule has 0 bridgehead atoms. The normalized spacial score (nSPS) is 13.0. The Labute approximate surface area is 138 Å². The molecule has 0 fully saturated rings. The van der Waals surface area contributed by atoms with Gasteiger partial charge in [-0.3, -0.25) is 0 Å². The molecule has 2 rings (SSSR count). The van der Waals surface area contributed by atoms with E-state index in [4.69, 9.17) is 0 Å². The van der Waals surface area contributed by atoms with E-state index in [9.17, 15) is 4.79 Å². The summed E-state index contributed by atoms with van der Waals surface area (Å²) < 4.78 is 0. The van der Waals surface area contributed by atoms with Crippen molar-refractivity contribution in [2.45, 2.75) is 18.9 Å². The smallest absolute Gasteiger partial charge is 0.317 e. The summed E-state index contributed by atoms with van der Waals surface area (Å²) in [5, 5.41) is 2.73. The Balaban J connectivity index is 2.71. The van der Waals surface area contributed by atoms with Gasteiger partial charge in [-0.25, -0.2) is 4.79 Å². The molecule has 1 unspecified atom stereocenters. The summed E-state index contributed by atoms with van der Waals surface area (Å²) in [4.78, 5) is 14.2. The maximum Gasteiger partial charge on any atom is 0.317 e. The predicted molar refractivity (Wildman–Crippen MR) is 95.4 cm³/mol. The van der Waals surface area contributed by atoms with Crippen molar-refractivity contribution < 1.29 is 4.79 Å². The van der Waals surface area contributed by atoms with E-state index < -0.39 is 5.54 Å². The quantitative estimate of drug-likeness (QED) is 0.829. The second-order valence-corrected chi connectivity index (χ2v) is 5.70. The van der Waals surface area contributed by atoms with Crippen LogP contribution in [0.5, 0.6) is 0 Å². The van der Waals surface area contributed by atoms with Crippen LogP contribution in [0.3, 0.4) is 0 Å². The molecular weight excluding hydrogens is 284 g/mol. The average molecular weight is 308 g/mol. The number of carbonyl (C=O) groups excluding carboxylic acids is 1. The highest BCUT2D eigenvalue weighted by atomic mass is 16.2. The van der Waals surface area contributed by atoms with Gasteiger partial charge in [0.2, 0.25) is 0 Å². The second-order valence-electron chi connectivity index (χ2n) is 5.70. The number of hydrogen-bond donors (Lipinski definition) is 1. The lowest BCUT2D eigenvalue weighted by Gasteiger charge is -2.42. The van der Waals surface area contributed by atoms with Crippen LogP contribution in [-0.2, 0) is 5.54 Å². The average Bonchev–Trinajstić information content (AvgIpc) is 2.60. The number of carbonyl (C=O) groups is 1. The third kappa shape index (κ3) is 3.14. The van der Waals surface area contributed by atoms with Crippen LogP contribution in [0.4, 0.5) is 4.79 Å². The van der Waals surface area contributed by atoms with Gasteiger partial charge >= 0.3 is 6.03 Å². The third-order valence-corrected chi connectivity index (χ3v) is 4.31. The molecule has 0 aliphatic rings. The molecule has 23 heavy (non-hydrogen) atoms. The van der Waals surface area contributed by atoms with Gasteiger partial charge in [0.15, 0.2) is 0 Å². The van der Waals surface area contributed by atoms with Crippen molar-refractivity contribution in [3.63, 3.8) is 0 Å². The van der Waals surface area contributed by atoms with Crippen LogP contribution < -0.4 is 5.32 Å². The number of nitrogens with one attached hydrogen (secondary N) is 1. The molecule has 0 aliphatic heterocycles. The van der Waals surface area contributed by atoms with E-state index in [0.29, 0.717) is 6.42 Å². The maximum absolute atomic E-state index is 12.4. The molecule has 0 saturated carbocycles. The first-order valence-corrected chi connectivity index (χ1v) is 7.75. The van der Waals surface area contributed by atoms with Gasteiger partial charge in [0.05, 0.1) is 5.54 Å². The monoisotopic (exact) mass is 308 g/mol. The van der Waals surface area contributed by atoms with Crippen molar-refractivity contribution in [2.24, 2.45) is 0 Å². The molecule has 1 atom stereocenters. The predicted octanol–water partition coefficient (Wildman–Crippen LogP) is 4.09. The minimum atomic E-state index is -0.587. The second kappa shape index (κ2) is 7.14. The van der Waals surface area contributed by atoms with E-state index in [1.807, 2.05) is 31.3 Å². The molecule has 1 N–H and O–H groups in total. The first-order chi connectivity index (χ1) is 11.1. The van der Waals surface area contributed by atoms with Gasteiger partial charge in [-0.15, -0.1) is 6.58 Å². The Hall–Kier alpha value is -2.55. The van der Waals surface area contributed by atoms with E-state index in [2.05, 4.69) is 55.2 Å². The van der Waals surface area contributed by atoms with Crippen LogP contribution in [0.15, 0.2) is 67.3 Å². The SMILES string of the molecule is C=CCC(c1ccccc1)(c1ccc(C)cc1)N(C)C(=O)NC. The van der Waals surface area contributed by atoms with Crippen LogP contribution >= 0.6 is 0 Å². The highest BCUT2D eigenvalue weighted by Gasteiger charge is 2.39. The van der Waals surface area contributed by atoms with E-state index in [0.717, 1.165) is 11.1 Å². The molecule has 0 saturated heterocycles. The summed E-state index contributed by atoms with van der Waals surface area (Å²) in [6.07, 6.45) is 2.50. The lowest BCUT2D eigenvalue weighted by Crippen LogP contribution is -2.50. The third-order valence-electron chi connectivity index (χ3n) is 4.31. The number of nitrogens with zero attached hydrogens (tertiary/aromatic N) is 1. The molecule has 2 aromatic carbocycles. The van der Waals surface area contributed by atoms with Crippen molar-refractivity contribution >= 4 is 6.03 Å². The van der Waals surface area contributed by atoms with E-state index in [-0.39, 0.29) is 6.03 Å². The number of hydrogen-bond acceptors (Lipinski definition) is 1. The molecule has 2 amide bonds. The highest BCUT2D eigenvalue weighted by molar-refractivity contribution is 5.75. The maximum atomic E-state index is 12.4. The van der Waals surface area contributed by atoms with Crippen molar-refractivity contribution in [2.75, 3.05) is 14.1 Å². The topological polar surface area (TPSA) is 32.3 Å². The fraction of sp³-hybridized carbons (Fsp3) is 0.250. The fourth-order valence-corrected chi connectivity index (χ4v) is 3.02. The van der Waals surface area contributed by atoms with Gasteiger partial charge in [-0.2, -0.15) is 0 Å². The standard InChI is InChI=1S/C20H24N2O/c1-5-15-20(22(4)19(23)21-3,17-9-7-6-8-10-17)18-13-11-16(2)12-14-18/h5-14H,1,15H2,2-4H3,(H,21,23). The van der Waals surface area contributed by atoms with E-state index in [1.165, 1.54) is 5.56 Å². The number of rotatable bonds is 5. The van der Waals surface area contributed by atoms with Gasteiger partial charge in [0, 0.05) is 14.1 Å². The zero-order valence-corrected chi connectivity index (χ0v) is 14.0. The number of benzene rings is 2.